The fourth-order valence-corrected chi connectivity index (χ4v) is 8.22. The van der Waals surface area contributed by atoms with Gasteiger partial charge < -0.3 is 50.9 Å². The lowest BCUT2D eigenvalue weighted by molar-refractivity contribution is -0.137. The summed E-state index contributed by atoms with van der Waals surface area (Å²) in [5.41, 5.74) is 4.22. The molecule has 1 aliphatic rings. The minimum Gasteiger partial charge on any atom is -0.386 e. The lowest BCUT2D eigenvalue weighted by Crippen LogP contribution is -2.46. The van der Waals surface area contributed by atoms with Crippen molar-refractivity contribution in [2.45, 2.75) is 64.8 Å². The van der Waals surface area contributed by atoms with Crippen molar-refractivity contribution in [3.63, 3.8) is 0 Å². The molecule has 0 bridgehead atoms. The van der Waals surface area contributed by atoms with Gasteiger partial charge in [0.15, 0.2) is 22.8 Å². The largest absolute Gasteiger partial charge is 0.481 e. The third-order valence-corrected chi connectivity index (χ3v) is 11.9. The topological polar surface area (TPSA) is 381 Å². The van der Waals surface area contributed by atoms with Gasteiger partial charge in [-0.3, -0.25) is 37.3 Å². The number of imidazole rings is 1. The highest BCUT2D eigenvalue weighted by molar-refractivity contribution is 8.13. The van der Waals surface area contributed by atoms with Crippen LogP contribution in [0.2, 0.25) is 0 Å². The van der Waals surface area contributed by atoms with Crippen LogP contribution in [0.4, 0.5) is 5.82 Å². The molecule has 0 radical (unpaired) electrons. The SMILES string of the molecule is CC(=O)C(C)C(=O)SCCNC(=O)CCNC(=O)[C@@H](O)C(C)(C)COP(=O)(O)OP(=O)(O)OC[C@H]1O[C@@H](n2cnc3c(N)ncnc32)[C@H](O)[C@@H]1OP(=O)(O)O. The van der Waals surface area contributed by atoms with E-state index in [1.54, 1.807) is 0 Å². The van der Waals surface area contributed by atoms with Gasteiger partial charge in [-0.15, -0.1) is 0 Å². The number of carbonyl (C=O) groups is 4. The minimum atomic E-state index is -5.58. The molecule has 55 heavy (non-hydrogen) atoms. The number of rotatable bonds is 21. The highest BCUT2D eigenvalue weighted by Gasteiger charge is 2.50. The summed E-state index contributed by atoms with van der Waals surface area (Å²) >= 11 is 0.886. The van der Waals surface area contributed by atoms with E-state index < -0.39 is 90.5 Å². The summed E-state index contributed by atoms with van der Waals surface area (Å²) in [4.78, 5) is 98.5. The van der Waals surface area contributed by atoms with E-state index in [2.05, 4.69) is 34.4 Å². The molecular weight excluding hydrogens is 823 g/mol. The Labute approximate surface area is 316 Å². The van der Waals surface area contributed by atoms with Crippen LogP contribution in [0.15, 0.2) is 12.7 Å². The summed E-state index contributed by atoms with van der Waals surface area (Å²) in [5, 5.41) is 25.9. The van der Waals surface area contributed by atoms with E-state index in [0.717, 1.165) is 29.0 Å². The molecule has 10 N–H and O–H groups in total. The first-order chi connectivity index (χ1) is 25.3. The predicted octanol–water partition coefficient (Wildman–Crippen LogP) is -1.11. The van der Waals surface area contributed by atoms with Crippen molar-refractivity contribution in [2.75, 3.05) is 37.8 Å². The van der Waals surface area contributed by atoms with E-state index >= 15 is 0 Å². The normalized spacial score (nSPS) is 22.4. The number of Topliss-reactive ketones (excluding diaryl/α,β-unsaturated/α-hetero) is 1. The number of phosphoric acid groups is 3. The van der Waals surface area contributed by atoms with Gasteiger partial charge in [0.2, 0.25) is 11.8 Å². The number of amides is 2. The Bertz CT molecular complexity index is 1860. The number of hydrogen-bond donors (Lipinski definition) is 9. The van der Waals surface area contributed by atoms with Gasteiger partial charge in [-0.05, 0) is 13.8 Å². The number of nitrogens with two attached hydrogens (primary N) is 1. The Hall–Kier alpha value is -2.77. The quantitative estimate of drug-likeness (QED) is 0.0408. The Kier molecular flexibility index (Phi) is 16.2. The van der Waals surface area contributed by atoms with E-state index in [9.17, 15) is 62.7 Å². The predicted molar refractivity (Wildman–Crippen MR) is 187 cm³/mol. The number of nitrogens with zero attached hydrogens (tertiary/aromatic N) is 4. The molecule has 25 nitrogen and oxygen atoms in total. The van der Waals surface area contributed by atoms with Crippen molar-refractivity contribution in [3.8, 4) is 0 Å². The average molecular weight is 866 g/mol. The number of hydrogen-bond acceptors (Lipinski definition) is 19. The number of aliphatic hydroxyl groups is 2. The van der Waals surface area contributed by atoms with Crippen molar-refractivity contribution in [1.29, 1.82) is 0 Å². The minimum absolute atomic E-state index is 0.0238. The van der Waals surface area contributed by atoms with Crippen LogP contribution in [0, 0.1) is 11.3 Å². The fourth-order valence-electron chi connectivity index (χ4n) is 4.57. The number of aliphatic hydroxyl groups excluding tert-OH is 2. The van der Waals surface area contributed by atoms with Gasteiger partial charge >= 0.3 is 23.5 Å². The van der Waals surface area contributed by atoms with Crippen LogP contribution in [-0.4, -0.2) is 128 Å². The second-order valence-corrected chi connectivity index (χ2v) is 17.9. The third-order valence-electron chi connectivity index (χ3n) is 7.71. The van der Waals surface area contributed by atoms with Crippen molar-refractivity contribution < 1.29 is 85.3 Å². The Morgan fingerprint density at radius 2 is 1.71 bits per heavy atom. The van der Waals surface area contributed by atoms with Crippen molar-refractivity contribution >= 4 is 74.9 Å². The summed E-state index contributed by atoms with van der Waals surface area (Å²) in [6.07, 6.45) is -7.03. The third kappa shape index (κ3) is 13.7. The number of carbonyl (C=O) groups excluding carboxylic acids is 4. The number of aromatic nitrogens is 4. The molecular formula is C26H42N7O18P3S. The molecule has 0 spiro atoms. The van der Waals surface area contributed by atoms with Crippen molar-refractivity contribution in [1.82, 2.24) is 30.2 Å². The molecule has 3 unspecified atom stereocenters. The second-order valence-electron chi connectivity index (χ2n) is 12.6. The highest BCUT2D eigenvalue weighted by atomic mass is 32.2. The first-order valence-electron chi connectivity index (χ1n) is 15.9. The molecule has 3 heterocycles. The molecule has 0 aliphatic carbocycles. The first-order valence-corrected chi connectivity index (χ1v) is 21.4. The van der Waals surface area contributed by atoms with Crippen LogP contribution in [0.1, 0.15) is 40.3 Å². The Balaban J connectivity index is 1.50. The number of nitrogens with one attached hydrogen (secondary N) is 2. The van der Waals surface area contributed by atoms with Crippen LogP contribution in [0.25, 0.3) is 11.2 Å². The number of phosphoric ester groups is 3. The molecule has 2 aromatic heterocycles. The van der Waals surface area contributed by atoms with E-state index in [1.807, 2.05) is 0 Å². The molecule has 0 saturated carbocycles. The monoisotopic (exact) mass is 865 g/mol. The molecule has 8 atom stereocenters. The van der Waals surface area contributed by atoms with E-state index in [0.29, 0.717) is 0 Å². The zero-order chi connectivity index (χ0) is 41.5. The van der Waals surface area contributed by atoms with Crippen LogP contribution < -0.4 is 16.4 Å². The maximum absolute atomic E-state index is 12.7. The highest BCUT2D eigenvalue weighted by Crippen LogP contribution is 2.61. The number of anilines is 1. The maximum Gasteiger partial charge on any atom is 0.481 e. The summed E-state index contributed by atoms with van der Waals surface area (Å²) in [6, 6.07) is 0. The molecule has 1 aliphatic heterocycles. The molecule has 2 amide bonds. The smallest absolute Gasteiger partial charge is 0.386 e. The van der Waals surface area contributed by atoms with Gasteiger partial charge in [0.25, 0.3) is 0 Å². The number of thioether (sulfide) groups is 1. The summed E-state index contributed by atoms with van der Waals surface area (Å²) in [5.74, 6) is -2.38. The van der Waals surface area contributed by atoms with E-state index in [-0.39, 0.29) is 53.1 Å². The number of ketones is 1. The lowest BCUT2D eigenvalue weighted by atomic mass is 9.87. The Morgan fingerprint density at radius 3 is 2.35 bits per heavy atom. The molecule has 3 rings (SSSR count). The van der Waals surface area contributed by atoms with Crippen molar-refractivity contribution in [3.05, 3.63) is 12.7 Å². The maximum atomic E-state index is 12.7. The van der Waals surface area contributed by atoms with Crippen LogP contribution in [0.3, 0.4) is 0 Å². The van der Waals surface area contributed by atoms with E-state index in [4.69, 9.17) is 19.5 Å². The number of fused-ring (bicyclic) bond motifs is 1. The zero-order valence-corrected chi connectivity index (χ0v) is 33.1. The Morgan fingerprint density at radius 1 is 1.05 bits per heavy atom. The molecule has 0 aromatic carbocycles. The average Bonchev–Trinajstić information content (AvgIpc) is 3.64. The molecule has 29 heteroatoms. The molecule has 2 aromatic rings. The van der Waals surface area contributed by atoms with Gasteiger partial charge in [-0.25, -0.2) is 28.6 Å². The zero-order valence-electron chi connectivity index (χ0n) is 29.6. The van der Waals surface area contributed by atoms with Crippen molar-refractivity contribution in [2.24, 2.45) is 11.3 Å². The van der Waals surface area contributed by atoms with Gasteiger partial charge in [0.1, 0.15) is 42.0 Å². The number of ether oxygens (including phenoxy) is 1. The van der Waals surface area contributed by atoms with Gasteiger partial charge in [-0.2, -0.15) is 4.31 Å². The summed E-state index contributed by atoms with van der Waals surface area (Å²) < 4.78 is 62.0. The molecule has 1 fully saturated rings. The van der Waals surface area contributed by atoms with Gasteiger partial charge in [0.05, 0.1) is 25.5 Å². The van der Waals surface area contributed by atoms with Gasteiger partial charge in [-0.1, -0.05) is 25.6 Å². The first kappa shape index (κ1) is 46.6. The number of nitrogen functional groups attached to an aromatic ring is 1. The molecule has 1 saturated heterocycles. The second kappa shape index (κ2) is 19.1. The summed E-state index contributed by atoms with van der Waals surface area (Å²) in [7, 11) is -16.4. The lowest BCUT2D eigenvalue weighted by Gasteiger charge is -2.30. The van der Waals surface area contributed by atoms with Crippen LogP contribution in [0.5, 0.6) is 0 Å². The molecule has 310 valence electrons. The van der Waals surface area contributed by atoms with Crippen LogP contribution >= 0.6 is 35.2 Å². The summed E-state index contributed by atoms with van der Waals surface area (Å²) in [6.45, 7) is 3.06. The van der Waals surface area contributed by atoms with Crippen LogP contribution in [-0.2, 0) is 55.5 Å². The standard InChI is InChI=1S/C26H42N7O18P3S/c1-13(14(2)34)25(39)55-8-7-28-16(35)5-6-29-23(38)20(37)26(3,4)10-48-54(45,46)51-53(43,44)47-9-15-19(50-52(40,41)42)18(36)24(49-15)33-12-32-17-21(27)30-11-31-22(17)33/h11-13,15,18-20,24,36-37H,5-10H2,1-4H3,(H,28,35)(H,29,38)(H,43,44)(H,45,46)(H2,27,30,31)(H2,40,41,42)/t13?,15-,18-,19-,20-,24-/m1/s1. The fraction of sp³-hybridized carbons (Fsp3) is 0.654. The van der Waals surface area contributed by atoms with E-state index in [1.165, 1.54) is 27.7 Å². The van der Waals surface area contributed by atoms with Gasteiger partial charge in [0, 0.05) is 30.7 Å².